The first-order chi connectivity index (χ1) is 7.52. The van der Waals surface area contributed by atoms with E-state index in [1.165, 1.54) is 0 Å². The Morgan fingerprint density at radius 3 is 2.81 bits per heavy atom. The van der Waals surface area contributed by atoms with Crippen LogP contribution in [0.3, 0.4) is 0 Å². The van der Waals surface area contributed by atoms with Gasteiger partial charge in [0.15, 0.2) is 0 Å². The minimum absolute atomic E-state index is 0.0319. The van der Waals surface area contributed by atoms with Gasteiger partial charge >= 0.3 is 0 Å². The van der Waals surface area contributed by atoms with Gasteiger partial charge in [-0.15, -0.1) is 0 Å². The van der Waals surface area contributed by atoms with Crippen LogP contribution in [0, 0.1) is 13.8 Å². The molecular weight excluding hydrogens is 204 g/mol. The summed E-state index contributed by atoms with van der Waals surface area (Å²) < 4.78 is 1.70. The fourth-order valence-electron chi connectivity index (χ4n) is 1.42. The van der Waals surface area contributed by atoms with E-state index in [4.69, 9.17) is 5.73 Å². The van der Waals surface area contributed by atoms with E-state index in [9.17, 15) is 4.79 Å². The Morgan fingerprint density at radius 1 is 1.62 bits per heavy atom. The number of nitrogens with two attached hydrogens (primary N) is 1. The molecule has 3 N–H and O–H groups in total. The van der Waals surface area contributed by atoms with Gasteiger partial charge in [-0.25, -0.2) is 0 Å². The molecule has 0 saturated carbocycles. The van der Waals surface area contributed by atoms with Crippen molar-refractivity contribution in [2.75, 3.05) is 6.54 Å². The van der Waals surface area contributed by atoms with Gasteiger partial charge in [-0.2, -0.15) is 5.10 Å². The summed E-state index contributed by atoms with van der Waals surface area (Å²) in [6, 6.07) is 1.98. The Balaban J connectivity index is 2.43. The summed E-state index contributed by atoms with van der Waals surface area (Å²) >= 11 is 0. The molecule has 5 heteroatoms. The average molecular weight is 224 g/mol. The predicted octanol–water partition coefficient (Wildman–Crippen LogP) is 0.353. The molecule has 0 bridgehead atoms. The Kier molecular flexibility index (Phi) is 4.49. The van der Waals surface area contributed by atoms with E-state index < -0.39 is 0 Å². The van der Waals surface area contributed by atoms with Gasteiger partial charge in [-0.05, 0) is 26.3 Å². The number of aryl methyl sites for hydroxylation is 2. The zero-order valence-electron chi connectivity index (χ0n) is 10.2. The topological polar surface area (TPSA) is 72.9 Å². The van der Waals surface area contributed by atoms with Crippen molar-refractivity contribution in [1.29, 1.82) is 0 Å². The summed E-state index contributed by atoms with van der Waals surface area (Å²) in [5.41, 5.74) is 7.63. The third-order valence-corrected chi connectivity index (χ3v) is 2.48. The molecule has 16 heavy (non-hydrogen) atoms. The molecule has 90 valence electrons. The quantitative estimate of drug-likeness (QED) is 0.758. The predicted molar refractivity (Wildman–Crippen MR) is 63.0 cm³/mol. The molecule has 0 radical (unpaired) electrons. The molecule has 0 fully saturated rings. The standard InChI is InChI=1S/C11H20N4O/c1-4-10(12)6-13-11(16)7-15-9(3)5-8(2)14-15/h5,10H,4,6-7,12H2,1-3H3,(H,13,16). The minimum atomic E-state index is -0.0462. The highest BCUT2D eigenvalue weighted by Gasteiger charge is 2.07. The van der Waals surface area contributed by atoms with Crippen molar-refractivity contribution in [3.8, 4) is 0 Å². The highest BCUT2D eigenvalue weighted by atomic mass is 16.2. The van der Waals surface area contributed by atoms with Crippen molar-refractivity contribution in [3.05, 3.63) is 17.5 Å². The Bertz CT molecular complexity index is 359. The third-order valence-electron chi connectivity index (χ3n) is 2.48. The number of amides is 1. The average Bonchev–Trinajstić information content (AvgIpc) is 2.54. The van der Waals surface area contributed by atoms with Gasteiger partial charge in [0.05, 0.1) is 5.69 Å². The van der Waals surface area contributed by atoms with Crippen molar-refractivity contribution in [2.45, 2.75) is 39.8 Å². The summed E-state index contributed by atoms with van der Waals surface area (Å²) in [4.78, 5) is 11.6. The summed E-state index contributed by atoms with van der Waals surface area (Å²) in [6.07, 6.45) is 0.861. The van der Waals surface area contributed by atoms with Crippen molar-refractivity contribution in [1.82, 2.24) is 15.1 Å². The molecule has 0 aliphatic heterocycles. The van der Waals surface area contributed by atoms with Crippen molar-refractivity contribution >= 4 is 5.91 Å². The van der Waals surface area contributed by atoms with E-state index in [0.29, 0.717) is 6.54 Å². The van der Waals surface area contributed by atoms with Gasteiger partial charge in [0.25, 0.3) is 0 Å². The van der Waals surface area contributed by atoms with Crippen molar-refractivity contribution < 1.29 is 4.79 Å². The fraction of sp³-hybridized carbons (Fsp3) is 0.636. The smallest absolute Gasteiger partial charge is 0.241 e. The molecule has 0 saturated heterocycles. The van der Waals surface area contributed by atoms with Gasteiger partial charge in [0.1, 0.15) is 6.54 Å². The second-order valence-electron chi connectivity index (χ2n) is 4.06. The lowest BCUT2D eigenvalue weighted by atomic mass is 10.2. The molecule has 1 rings (SSSR count). The Labute approximate surface area is 96.0 Å². The lowest BCUT2D eigenvalue weighted by Gasteiger charge is -2.10. The maximum atomic E-state index is 11.6. The number of hydrogen-bond donors (Lipinski definition) is 2. The van der Waals surface area contributed by atoms with Crippen LogP contribution < -0.4 is 11.1 Å². The van der Waals surface area contributed by atoms with Crippen LogP contribution in [-0.2, 0) is 11.3 Å². The van der Waals surface area contributed by atoms with Crippen LogP contribution in [0.5, 0.6) is 0 Å². The first-order valence-corrected chi connectivity index (χ1v) is 5.56. The van der Waals surface area contributed by atoms with Crippen LogP contribution in [0.1, 0.15) is 24.7 Å². The maximum absolute atomic E-state index is 11.6. The zero-order chi connectivity index (χ0) is 12.1. The molecular formula is C11H20N4O. The second kappa shape index (κ2) is 5.65. The number of nitrogens with one attached hydrogen (secondary N) is 1. The molecule has 1 aromatic rings. The molecule has 1 heterocycles. The van der Waals surface area contributed by atoms with E-state index >= 15 is 0 Å². The number of rotatable bonds is 5. The van der Waals surface area contributed by atoms with E-state index in [2.05, 4.69) is 10.4 Å². The monoisotopic (exact) mass is 224 g/mol. The number of carbonyl (C=O) groups is 1. The number of aromatic nitrogens is 2. The van der Waals surface area contributed by atoms with Crippen LogP contribution in [0.2, 0.25) is 0 Å². The molecule has 1 amide bonds. The normalized spacial score (nSPS) is 12.5. The molecule has 1 aromatic heterocycles. The van der Waals surface area contributed by atoms with Gasteiger partial charge < -0.3 is 11.1 Å². The lowest BCUT2D eigenvalue weighted by Crippen LogP contribution is -2.38. The lowest BCUT2D eigenvalue weighted by molar-refractivity contribution is -0.121. The van der Waals surface area contributed by atoms with Crippen LogP contribution in [0.15, 0.2) is 6.07 Å². The molecule has 0 aliphatic carbocycles. The molecule has 0 aliphatic rings. The van der Waals surface area contributed by atoms with Gasteiger partial charge in [0.2, 0.25) is 5.91 Å². The third kappa shape index (κ3) is 3.66. The summed E-state index contributed by atoms with van der Waals surface area (Å²) in [6.45, 7) is 6.63. The summed E-state index contributed by atoms with van der Waals surface area (Å²) in [5, 5.41) is 7.02. The van der Waals surface area contributed by atoms with E-state index in [1.807, 2.05) is 26.8 Å². The molecule has 0 spiro atoms. The zero-order valence-corrected chi connectivity index (χ0v) is 10.2. The van der Waals surface area contributed by atoms with Crippen LogP contribution in [0.25, 0.3) is 0 Å². The maximum Gasteiger partial charge on any atom is 0.241 e. The molecule has 1 atom stereocenters. The Morgan fingerprint density at radius 2 is 2.31 bits per heavy atom. The number of carbonyl (C=O) groups excluding carboxylic acids is 1. The molecule has 0 aromatic carbocycles. The summed E-state index contributed by atoms with van der Waals surface area (Å²) in [7, 11) is 0. The van der Waals surface area contributed by atoms with Gasteiger partial charge in [0, 0.05) is 18.3 Å². The highest BCUT2D eigenvalue weighted by molar-refractivity contribution is 5.75. The van der Waals surface area contributed by atoms with Crippen LogP contribution >= 0.6 is 0 Å². The number of nitrogens with zero attached hydrogens (tertiary/aromatic N) is 2. The second-order valence-corrected chi connectivity index (χ2v) is 4.06. The SMILES string of the molecule is CCC(N)CNC(=O)Cn1nc(C)cc1C. The van der Waals surface area contributed by atoms with E-state index in [1.54, 1.807) is 4.68 Å². The first-order valence-electron chi connectivity index (χ1n) is 5.56. The summed E-state index contributed by atoms with van der Waals surface area (Å²) in [5.74, 6) is -0.0462. The van der Waals surface area contributed by atoms with Gasteiger partial charge in [-0.1, -0.05) is 6.92 Å². The molecule has 1 unspecified atom stereocenters. The fourth-order valence-corrected chi connectivity index (χ4v) is 1.42. The molecule has 5 nitrogen and oxygen atoms in total. The first kappa shape index (κ1) is 12.7. The highest BCUT2D eigenvalue weighted by Crippen LogP contribution is 2.00. The van der Waals surface area contributed by atoms with Crippen LogP contribution in [0.4, 0.5) is 0 Å². The number of hydrogen-bond acceptors (Lipinski definition) is 3. The van der Waals surface area contributed by atoms with Crippen molar-refractivity contribution in [3.63, 3.8) is 0 Å². The van der Waals surface area contributed by atoms with Crippen LogP contribution in [-0.4, -0.2) is 28.3 Å². The van der Waals surface area contributed by atoms with E-state index in [0.717, 1.165) is 17.8 Å². The van der Waals surface area contributed by atoms with E-state index in [-0.39, 0.29) is 18.5 Å². The van der Waals surface area contributed by atoms with Crippen molar-refractivity contribution in [2.24, 2.45) is 5.73 Å². The minimum Gasteiger partial charge on any atom is -0.353 e. The van der Waals surface area contributed by atoms with Gasteiger partial charge in [-0.3, -0.25) is 9.48 Å². The Hall–Kier alpha value is -1.36. The largest absolute Gasteiger partial charge is 0.353 e.